The van der Waals surface area contributed by atoms with Gasteiger partial charge in [0.1, 0.15) is 5.56 Å². The van der Waals surface area contributed by atoms with E-state index in [0.717, 1.165) is 11.4 Å². The van der Waals surface area contributed by atoms with Crippen molar-refractivity contribution in [1.82, 2.24) is 0 Å². The number of carbonyl (C=O) groups is 1. The molecular formula is C34H23F4N2O3+. The molecule has 0 fully saturated rings. The summed E-state index contributed by atoms with van der Waals surface area (Å²) in [5.74, 6) is -10.1. The lowest BCUT2D eigenvalue weighted by Gasteiger charge is -2.20. The van der Waals surface area contributed by atoms with Crippen LogP contribution in [0.1, 0.15) is 10.4 Å². The fraction of sp³-hybridized carbons (Fsp3) is 0.0588. The predicted molar refractivity (Wildman–Crippen MR) is 159 cm³/mol. The number of hydrogen-bond donors (Lipinski definition) is 1. The van der Waals surface area contributed by atoms with E-state index >= 15 is 4.39 Å². The number of nitrogens with zero attached hydrogens (tertiary/aromatic N) is 2. The third kappa shape index (κ3) is 4.68. The second-order valence-electron chi connectivity index (χ2n) is 9.94. The second kappa shape index (κ2) is 10.8. The van der Waals surface area contributed by atoms with E-state index in [1.54, 1.807) is 36.4 Å². The van der Waals surface area contributed by atoms with Gasteiger partial charge in [-0.3, -0.25) is 0 Å². The van der Waals surface area contributed by atoms with E-state index < -0.39 is 40.4 Å². The smallest absolute Gasteiger partial charge is 0.363 e. The van der Waals surface area contributed by atoms with Crippen LogP contribution in [0.15, 0.2) is 101 Å². The molecule has 1 N–H and O–H groups in total. The molecule has 0 atom stereocenters. The molecule has 0 saturated heterocycles. The molecule has 0 bridgehead atoms. The number of aromatic carboxylic acids is 1. The number of benzene rings is 5. The summed E-state index contributed by atoms with van der Waals surface area (Å²) in [5, 5.41) is 10.2. The van der Waals surface area contributed by atoms with Gasteiger partial charge >= 0.3 is 17.1 Å². The molecule has 1 heterocycles. The van der Waals surface area contributed by atoms with Crippen LogP contribution in [0.3, 0.4) is 0 Å². The number of para-hydroxylation sites is 2. The quantitative estimate of drug-likeness (QED) is 0.0696. The SMILES string of the molecule is CN(c1ccccc1)c1ccc2c(-c3c(F)c(F)c(F)c(F)c3C(=O)O)c3ccc(N(C)c4ccccc4)cc3[o+]c2c1. The minimum atomic E-state index is -2.20. The van der Waals surface area contributed by atoms with Crippen LogP contribution in [0, 0.1) is 23.3 Å². The van der Waals surface area contributed by atoms with Gasteiger partial charge < -0.3 is 14.9 Å². The number of rotatable bonds is 6. The number of carboxylic acids is 1. The molecule has 0 saturated carbocycles. The Balaban J connectivity index is 1.68. The fourth-order valence-electron chi connectivity index (χ4n) is 5.22. The van der Waals surface area contributed by atoms with E-state index in [9.17, 15) is 23.1 Å². The third-order valence-corrected chi connectivity index (χ3v) is 7.48. The summed E-state index contributed by atoms with van der Waals surface area (Å²) in [7, 11) is 3.66. The average molecular weight is 584 g/mol. The highest BCUT2D eigenvalue weighted by Gasteiger charge is 2.34. The van der Waals surface area contributed by atoms with Crippen molar-refractivity contribution in [3.8, 4) is 11.1 Å². The Morgan fingerprint density at radius 3 is 1.47 bits per heavy atom. The maximum atomic E-state index is 15.6. The second-order valence-corrected chi connectivity index (χ2v) is 9.94. The van der Waals surface area contributed by atoms with Gasteiger partial charge in [-0.2, -0.15) is 0 Å². The van der Waals surface area contributed by atoms with Crippen LogP contribution in [-0.2, 0) is 0 Å². The summed E-state index contributed by atoms with van der Waals surface area (Å²) in [5.41, 5.74) is 1.04. The van der Waals surface area contributed by atoms with Crippen molar-refractivity contribution < 1.29 is 31.9 Å². The van der Waals surface area contributed by atoms with Crippen LogP contribution in [0.25, 0.3) is 33.1 Å². The summed E-state index contributed by atoms with van der Waals surface area (Å²) in [6.45, 7) is 0. The van der Waals surface area contributed by atoms with Crippen LogP contribution in [0.4, 0.5) is 40.3 Å². The van der Waals surface area contributed by atoms with Crippen molar-refractivity contribution >= 4 is 50.7 Å². The number of fused-ring (bicyclic) bond motifs is 2. The first-order chi connectivity index (χ1) is 20.7. The molecule has 5 aromatic carbocycles. The van der Waals surface area contributed by atoms with E-state index in [2.05, 4.69) is 0 Å². The van der Waals surface area contributed by atoms with Crippen molar-refractivity contribution in [2.45, 2.75) is 0 Å². The van der Waals surface area contributed by atoms with Gasteiger partial charge in [-0.1, -0.05) is 36.4 Å². The molecule has 6 aromatic rings. The van der Waals surface area contributed by atoms with E-state index in [1.165, 1.54) is 0 Å². The first-order valence-electron chi connectivity index (χ1n) is 13.2. The van der Waals surface area contributed by atoms with Crippen molar-refractivity contribution in [2.24, 2.45) is 0 Å². The summed E-state index contributed by atoms with van der Waals surface area (Å²) < 4.78 is 65.8. The molecule has 0 unspecified atom stereocenters. The Hall–Kier alpha value is -5.44. The van der Waals surface area contributed by atoms with Crippen molar-refractivity contribution in [3.05, 3.63) is 126 Å². The van der Waals surface area contributed by atoms with E-state index in [0.29, 0.717) is 11.4 Å². The van der Waals surface area contributed by atoms with Crippen LogP contribution >= 0.6 is 0 Å². The van der Waals surface area contributed by atoms with Gasteiger partial charge in [0.15, 0.2) is 23.3 Å². The lowest BCUT2D eigenvalue weighted by atomic mass is 9.92. The topological polar surface area (TPSA) is 55.1 Å². The zero-order valence-corrected chi connectivity index (χ0v) is 22.9. The highest BCUT2D eigenvalue weighted by atomic mass is 19.2. The molecule has 1 aromatic heterocycles. The van der Waals surface area contributed by atoms with Gasteiger partial charge in [0.2, 0.25) is 0 Å². The molecular weight excluding hydrogens is 560 g/mol. The van der Waals surface area contributed by atoms with E-state index in [-0.39, 0.29) is 27.5 Å². The normalized spacial score (nSPS) is 11.2. The molecule has 43 heavy (non-hydrogen) atoms. The Morgan fingerprint density at radius 1 is 0.581 bits per heavy atom. The van der Waals surface area contributed by atoms with Crippen LogP contribution < -0.4 is 9.80 Å². The van der Waals surface area contributed by atoms with E-state index in [4.69, 9.17) is 4.42 Å². The number of anilines is 4. The summed E-state index contributed by atoms with van der Waals surface area (Å²) in [4.78, 5) is 15.9. The lowest BCUT2D eigenvalue weighted by Crippen LogP contribution is -2.12. The van der Waals surface area contributed by atoms with E-state index in [1.807, 2.05) is 84.6 Å². The molecule has 5 nitrogen and oxygen atoms in total. The standard InChI is InChI=1S/C34H22F4N2O3/c1-39(19-9-5-3-6-10-19)21-13-15-23-25(17-21)43-26-18-22(40(2)20-11-7-4-8-12-20)14-16-24(26)27(23)28-29(34(41)42)31(36)33(38)32(37)30(28)35/h3-18H,1-2H3/p+1. The molecule has 0 aliphatic carbocycles. The first kappa shape index (κ1) is 27.7. The zero-order valence-electron chi connectivity index (χ0n) is 22.9. The van der Waals surface area contributed by atoms with Gasteiger partial charge in [0.05, 0.1) is 34.3 Å². The lowest BCUT2D eigenvalue weighted by molar-refractivity contribution is 0.0690. The highest BCUT2D eigenvalue weighted by molar-refractivity contribution is 6.13. The minimum Gasteiger partial charge on any atom is -0.478 e. The minimum absolute atomic E-state index is 0.147. The van der Waals surface area contributed by atoms with Gasteiger partial charge in [-0.05, 0) is 48.5 Å². The maximum Gasteiger partial charge on any atom is 0.363 e. The molecule has 0 radical (unpaired) electrons. The predicted octanol–water partition coefficient (Wildman–Crippen LogP) is 9.32. The van der Waals surface area contributed by atoms with Gasteiger partial charge in [-0.25, -0.2) is 26.8 Å². The Morgan fingerprint density at radius 2 is 1.02 bits per heavy atom. The van der Waals surface area contributed by atoms with Crippen molar-refractivity contribution in [1.29, 1.82) is 0 Å². The van der Waals surface area contributed by atoms with Crippen LogP contribution in [0.5, 0.6) is 0 Å². The Bertz CT molecular complexity index is 1930. The monoisotopic (exact) mass is 583 g/mol. The zero-order chi connectivity index (χ0) is 30.4. The number of hydrogen-bond acceptors (Lipinski definition) is 3. The summed E-state index contributed by atoms with van der Waals surface area (Å²) in [6, 6.07) is 28.7. The number of halogens is 4. The largest absolute Gasteiger partial charge is 0.478 e. The van der Waals surface area contributed by atoms with Crippen molar-refractivity contribution in [3.63, 3.8) is 0 Å². The van der Waals surface area contributed by atoms with Gasteiger partial charge in [0.25, 0.3) is 0 Å². The molecule has 6 rings (SSSR count). The van der Waals surface area contributed by atoms with Gasteiger partial charge in [-0.15, -0.1) is 0 Å². The maximum absolute atomic E-state index is 15.6. The first-order valence-corrected chi connectivity index (χ1v) is 13.2. The fourth-order valence-corrected chi connectivity index (χ4v) is 5.22. The molecule has 0 aliphatic heterocycles. The van der Waals surface area contributed by atoms with Gasteiger partial charge in [0, 0.05) is 36.6 Å². The van der Waals surface area contributed by atoms with Crippen LogP contribution in [-0.4, -0.2) is 25.2 Å². The van der Waals surface area contributed by atoms with Crippen molar-refractivity contribution in [2.75, 3.05) is 23.9 Å². The average Bonchev–Trinajstić information content (AvgIpc) is 3.03. The van der Waals surface area contributed by atoms with Crippen LogP contribution in [0.2, 0.25) is 0 Å². The molecule has 214 valence electrons. The molecule has 0 aliphatic rings. The number of carboxylic acid groups (broad SMARTS) is 1. The Labute approximate surface area is 243 Å². The summed E-state index contributed by atoms with van der Waals surface area (Å²) in [6.07, 6.45) is 0. The highest BCUT2D eigenvalue weighted by Crippen LogP contribution is 2.43. The third-order valence-electron chi connectivity index (χ3n) is 7.48. The Kier molecular flexibility index (Phi) is 6.93. The molecule has 0 spiro atoms. The molecule has 0 amide bonds. The summed E-state index contributed by atoms with van der Waals surface area (Å²) >= 11 is 0. The molecule has 9 heteroatoms.